The number of para-hydroxylation sites is 1. The quantitative estimate of drug-likeness (QED) is 0.856. The summed E-state index contributed by atoms with van der Waals surface area (Å²) in [6.45, 7) is 4.64. The Kier molecular flexibility index (Phi) is 5.16. The Morgan fingerprint density at radius 2 is 2.16 bits per heavy atom. The average Bonchev–Trinajstić information content (AvgIpc) is 2.45. The maximum atomic E-state index is 13.9. The molecule has 19 heavy (non-hydrogen) atoms. The van der Waals surface area contributed by atoms with Crippen molar-refractivity contribution >= 4 is 5.69 Å². The molecule has 1 aromatic rings. The van der Waals surface area contributed by atoms with Gasteiger partial charge < -0.3 is 15.3 Å². The number of piperidine rings is 1. The maximum absolute atomic E-state index is 13.9. The van der Waals surface area contributed by atoms with Crippen LogP contribution in [-0.2, 0) is 0 Å². The van der Waals surface area contributed by atoms with Crippen molar-refractivity contribution in [2.75, 3.05) is 31.1 Å². The number of aliphatic hydroxyl groups is 1. The number of hydrogen-bond donors (Lipinski definition) is 2. The Morgan fingerprint density at radius 3 is 2.84 bits per heavy atom. The summed E-state index contributed by atoms with van der Waals surface area (Å²) in [5.74, 6) is 0.421. The lowest BCUT2D eigenvalue weighted by Crippen LogP contribution is -2.50. The van der Waals surface area contributed by atoms with Gasteiger partial charge in [-0.05, 0) is 24.5 Å². The van der Waals surface area contributed by atoms with Crippen LogP contribution in [0.25, 0.3) is 0 Å². The number of nitrogens with zero attached hydrogens (tertiary/aromatic N) is 1. The van der Waals surface area contributed by atoms with Gasteiger partial charge in [0.25, 0.3) is 0 Å². The number of halogens is 1. The van der Waals surface area contributed by atoms with Gasteiger partial charge in [-0.15, -0.1) is 0 Å². The molecule has 0 amide bonds. The lowest BCUT2D eigenvalue weighted by atomic mass is 9.91. The Labute approximate surface area is 114 Å². The molecule has 1 saturated heterocycles. The third-order valence-electron chi connectivity index (χ3n) is 3.85. The van der Waals surface area contributed by atoms with Gasteiger partial charge in [-0.2, -0.15) is 0 Å². The molecule has 0 spiro atoms. The van der Waals surface area contributed by atoms with E-state index in [9.17, 15) is 4.39 Å². The highest BCUT2D eigenvalue weighted by Crippen LogP contribution is 2.26. The molecule has 106 valence electrons. The van der Waals surface area contributed by atoms with Gasteiger partial charge in [-0.1, -0.05) is 25.5 Å². The van der Waals surface area contributed by atoms with Crippen LogP contribution in [0.4, 0.5) is 10.1 Å². The van der Waals surface area contributed by atoms with Gasteiger partial charge in [-0.3, -0.25) is 0 Å². The summed E-state index contributed by atoms with van der Waals surface area (Å²) in [5, 5.41) is 12.3. The molecule has 0 radical (unpaired) electrons. The molecule has 0 saturated carbocycles. The standard InChI is InChI=1S/C15H23FN2O/c1-2-12-9-13(17-7-8-19)11-18(10-12)15-6-4-3-5-14(15)16/h3-6,12-13,17,19H,2,7-11H2,1H3. The molecule has 2 rings (SSSR count). The number of hydrogen-bond acceptors (Lipinski definition) is 3. The largest absolute Gasteiger partial charge is 0.395 e. The molecule has 0 aromatic heterocycles. The van der Waals surface area contributed by atoms with Crippen LogP contribution in [0.5, 0.6) is 0 Å². The number of rotatable bonds is 5. The lowest BCUT2D eigenvalue weighted by Gasteiger charge is -2.39. The minimum absolute atomic E-state index is 0.146. The predicted octanol–water partition coefficient (Wildman–Crippen LogP) is 2.01. The van der Waals surface area contributed by atoms with Crippen LogP contribution in [0.2, 0.25) is 0 Å². The van der Waals surface area contributed by atoms with Crippen LogP contribution < -0.4 is 10.2 Å². The van der Waals surface area contributed by atoms with Crippen molar-refractivity contribution < 1.29 is 9.50 Å². The summed E-state index contributed by atoms with van der Waals surface area (Å²) in [6, 6.07) is 7.29. The van der Waals surface area contributed by atoms with Crippen LogP contribution in [0.15, 0.2) is 24.3 Å². The van der Waals surface area contributed by atoms with E-state index < -0.39 is 0 Å². The van der Waals surface area contributed by atoms with E-state index in [1.807, 2.05) is 12.1 Å². The zero-order valence-electron chi connectivity index (χ0n) is 11.5. The highest BCUT2D eigenvalue weighted by Gasteiger charge is 2.27. The fourth-order valence-electron chi connectivity index (χ4n) is 2.82. The van der Waals surface area contributed by atoms with Crippen molar-refractivity contribution in [3.63, 3.8) is 0 Å². The first kappa shape index (κ1) is 14.3. The van der Waals surface area contributed by atoms with Crippen molar-refractivity contribution in [1.82, 2.24) is 5.32 Å². The van der Waals surface area contributed by atoms with E-state index in [0.29, 0.717) is 24.2 Å². The average molecular weight is 266 g/mol. The van der Waals surface area contributed by atoms with Crippen molar-refractivity contribution in [1.29, 1.82) is 0 Å². The van der Waals surface area contributed by atoms with E-state index in [1.165, 1.54) is 6.07 Å². The molecule has 3 nitrogen and oxygen atoms in total. The maximum Gasteiger partial charge on any atom is 0.146 e. The summed E-state index contributed by atoms with van der Waals surface area (Å²) < 4.78 is 13.9. The third-order valence-corrected chi connectivity index (χ3v) is 3.85. The minimum Gasteiger partial charge on any atom is -0.395 e. The van der Waals surface area contributed by atoms with Gasteiger partial charge in [0.15, 0.2) is 0 Å². The predicted molar refractivity (Wildman–Crippen MR) is 75.9 cm³/mol. The van der Waals surface area contributed by atoms with Crippen LogP contribution in [0.1, 0.15) is 19.8 Å². The zero-order valence-corrected chi connectivity index (χ0v) is 11.5. The first-order valence-corrected chi connectivity index (χ1v) is 7.08. The number of nitrogens with one attached hydrogen (secondary N) is 1. The number of benzene rings is 1. The van der Waals surface area contributed by atoms with E-state index >= 15 is 0 Å². The normalized spacial score (nSPS) is 23.6. The Morgan fingerprint density at radius 1 is 1.37 bits per heavy atom. The van der Waals surface area contributed by atoms with Gasteiger partial charge in [-0.25, -0.2) is 4.39 Å². The Hall–Kier alpha value is -1.13. The van der Waals surface area contributed by atoms with E-state index in [4.69, 9.17) is 5.11 Å². The fourth-order valence-corrected chi connectivity index (χ4v) is 2.82. The van der Waals surface area contributed by atoms with Gasteiger partial charge in [0.1, 0.15) is 5.82 Å². The van der Waals surface area contributed by atoms with Gasteiger partial charge in [0.2, 0.25) is 0 Å². The van der Waals surface area contributed by atoms with E-state index in [2.05, 4.69) is 17.1 Å². The molecule has 0 aliphatic carbocycles. The Balaban J connectivity index is 2.09. The molecule has 1 aromatic carbocycles. The second-order valence-electron chi connectivity index (χ2n) is 5.24. The first-order chi connectivity index (χ1) is 9.24. The second kappa shape index (κ2) is 6.87. The zero-order chi connectivity index (χ0) is 13.7. The molecule has 1 aliphatic rings. The van der Waals surface area contributed by atoms with E-state index in [-0.39, 0.29) is 12.4 Å². The molecule has 0 bridgehead atoms. The molecule has 1 heterocycles. The van der Waals surface area contributed by atoms with Crippen molar-refractivity contribution in [2.45, 2.75) is 25.8 Å². The Bertz CT molecular complexity index is 399. The summed E-state index contributed by atoms with van der Waals surface area (Å²) in [4.78, 5) is 2.13. The molecule has 2 atom stereocenters. The number of aliphatic hydroxyl groups excluding tert-OH is 1. The van der Waals surface area contributed by atoms with Crippen LogP contribution in [0.3, 0.4) is 0 Å². The van der Waals surface area contributed by atoms with Crippen molar-refractivity contribution in [3.05, 3.63) is 30.1 Å². The molecular formula is C15H23FN2O. The fraction of sp³-hybridized carbons (Fsp3) is 0.600. The van der Waals surface area contributed by atoms with Crippen molar-refractivity contribution in [2.24, 2.45) is 5.92 Å². The van der Waals surface area contributed by atoms with Crippen LogP contribution in [-0.4, -0.2) is 37.4 Å². The lowest BCUT2D eigenvalue weighted by molar-refractivity contribution is 0.264. The smallest absolute Gasteiger partial charge is 0.146 e. The SMILES string of the molecule is CCC1CC(NCCO)CN(c2ccccc2F)C1. The summed E-state index contributed by atoms with van der Waals surface area (Å²) in [7, 11) is 0. The molecule has 1 fully saturated rings. The molecule has 2 N–H and O–H groups in total. The summed E-state index contributed by atoms with van der Waals surface area (Å²) >= 11 is 0. The van der Waals surface area contributed by atoms with Crippen molar-refractivity contribution in [3.8, 4) is 0 Å². The summed E-state index contributed by atoms with van der Waals surface area (Å²) in [6.07, 6.45) is 2.20. The summed E-state index contributed by atoms with van der Waals surface area (Å²) in [5.41, 5.74) is 0.691. The van der Waals surface area contributed by atoms with E-state index in [1.54, 1.807) is 6.07 Å². The molecular weight excluding hydrogens is 243 g/mol. The molecule has 2 unspecified atom stereocenters. The van der Waals surface area contributed by atoms with Gasteiger partial charge >= 0.3 is 0 Å². The first-order valence-electron chi connectivity index (χ1n) is 7.08. The highest BCUT2D eigenvalue weighted by atomic mass is 19.1. The minimum atomic E-state index is -0.153. The van der Waals surface area contributed by atoms with Crippen LogP contribution >= 0.6 is 0 Å². The monoisotopic (exact) mass is 266 g/mol. The molecule has 4 heteroatoms. The number of anilines is 1. The molecule has 1 aliphatic heterocycles. The van der Waals surface area contributed by atoms with E-state index in [0.717, 1.165) is 25.9 Å². The highest BCUT2D eigenvalue weighted by molar-refractivity contribution is 5.48. The third kappa shape index (κ3) is 3.67. The van der Waals surface area contributed by atoms with Crippen LogP contribution in [0, 0.1) is 11.7 Å². The second-order valence-corrected chi connectivity index (χ2v) is 5.24. The van der Waals surface area contributed by atoms with Gasteiger partial charge in [0, 0.05) is 25.7 Å². The van der Waals surface area contributed by atoms with Gasteiger partial charge in [0.05, 0.1) is 12.3 Å². The topological polar surface area (TPSA) is 35.5 Å².